The first-order chi connectivity index (χ1) is 9.32. The summed E-state index contributed by atoms with van der Waals surface area (Å²) in [4.78, 5) is 11.0. The van der Waals surface area contributed by atoms with Crippen LogP contribution in [0.5, 0.6) is 0 Å². The zero-order chi connectivity index (χ0) is 14.9. The number of benzene rings is 1. The number of carbonyl (C=O) groups excluding carboxylic acids is 1. The molecule has 0 aliphatic rings. The lowest BCUT2D eigenvalue weighted by atomic mass is 10.1. The van der Waals surface area contributed by atoms with Crippen LogP contribution in [0, 0.1) is 0 Å². The van der Waals surface area contributed by atoms with Crippen LogP contribution in [0.2, 0.25) is 0 Å². The minimum atomic E-state index is -4.56. The molecule has 8 heteroatoms. The van der Waals surface area contributed by atoms with E-state index in [-0.39, 0.29) is 17.8 Å². The molecule has 0 saturated carbocycles. The third-order valence-electron chi connectivity index (χ3n) is 2.72. The highest BCUT2D eigenvalue weighted by Gasteiger charge is 2.34. The van der Waals surface area contributed by atoms with E-state index in [1.807, 2.05) is 0 Å². The van der Waals surface area contributed by atoms with Gasteiger partial charge in [0.15, 0.2) is 0 Å². The van der Waals surface area contributed by atoms with Gasteiger partial charge in [-0.15, -0.1) is 0 Å². The van der Waals surface area contributed by atoms with E-state index in [1.165, 1.54) is 12.1 Å². The zero-order valence-corrected chi connectivity index (χ0v) is 10.2. The highest BCUT2D eigenvalue weighted by atomic mass is 19.4. The predicted octanol–water partition coefficient (Wildman–Crippen LogP) is 1.45. The van der Waals surface area contributed by atoms with Crippen molar-refractivity contribution >= 4 is 5.91 Å². The molecule has 5 nitrogen and oxygen atoms in total. The Bertz CT molecular complexity index is 648. The second-order valence-electron chi connectivity index (χ2n) is 4.09. The Hall–Kier alpha value is -2.35. The molecule has 1 heterocycles. The van der Waals surface area contributed by atoms with Gasteiger partial charge < -0.3 is 11.5 Å². The second kappa shape index (κ2) is 4.97. The average molecular weight is 284 g/mol. The highest BCUT2D eigenvalue weighted by molar-refractivity contribution is 5.92. The molecule has 20 heavy (non-hydrogen) atoms. The van der Waals surface area contributed by atoms with Crippen molar-refractivity contribution in [3.05, 3.63) is 47.3 Å². The zero-order valence-electron chi connectivity index (χ0n) is 10.2. The van der Waals surface area contributed by atoms with Gasteiger partial charge in [-0.1, -0.05) is 6.07 Å². The first-order valence-corrected chi connectivity index (χ1v) is 5.58. The Morgan fingerprint density at radius 1 is 1.35 bits per heavy atom. The fraction of sp³-hybridized carbons (Fsp3) is 0.167. The number of primary amides is 1. The number of nitrogens with two attached hydrogens (primary N) is 2. The second-order valence-corrected chi connectivity index (χ2v) is 4.09. The monoisotopic (exact) mass is 284 g/mol. The van der Waals surface area contributed by atoms with Crippen molar-refractivity contribution < 1.29 is 18.0 Å². The first-order valence-electron chi connectivity index (χ1n) is 5.58. The Morgan fingerprint density at radius 3 is 2.55 bits per heavy atom. The molecule has 0 atom stereocenters. The normalized spacial score (nSPS) is 11.6. The van der Waals surface area contributed by atoms with E-state index in [1.54, 1.807) is 0 Å². The molecule has 0 radical (unpaired) electrons. The van der Waals surface area contributed by atoms with Crippen LogP contribution >= 0.6 is 0 Å². The lowest BCUT2D eigenvalue weighted by Gasteiger charge is -2.14. The number of rotatable bonds is 3. The summed E-state index contributed by atoms with van der Waals surface area (Å²) in [5, 5.41) is 3.72. The van der Waals surface area contributed by atoms with Crippen LogP contribution in [0.15, 0.2) is 30.6 Å². The van der Waals surface area contributed by atoms with Gasteiger partial charge in [0.2, 0.25) is 0 Å². The van der Waals surface area contributed by atoms with E-state index in [0.29, 0.717) is 5.56 Å². The van der Waals surface area contributed by atoms with Gasteiger partial charge in [-0.3, -0.25) is 4.79 Å². The lowest BCUT2D eigenvalue weighted by molar-refractivity contribution is -0.137. The molecular formula is C12H11F3N4O. The van der Waals surface area contributed by atoms with E-state index >= 15 is 0 Å². The molecule has 2 aromatic rings. The van der Waals surface area contributed by atoms with Crippen molar-refractivity contribution in [3.8, 4) is 5.69 Å². The molecule has 2 rings (SSSR count). The summed E-state index contributed by atoms with van der Waals surface area (Å²) in [7, 11) is 0. The largest absolute Gasteiger partial charge is 0.418 e. The van der Waals surface area contributed by atoms with Crippen molar-refractivity contribution in [3.63, 3.8) is 0 Å². The molecule has 0 spiro atoms. The Labute approximate surface area is 112 Å². The van der Waals surface area contributed by atoms with Gasteiger partial charge in [0.25, 0.3) is 5.91 Å². The van der Waals surface area contributed by atoms with E-state index in [2.05, 4.69) is 5.10 Å². The third-order valence-corrected chi connectivity index (χ3v) is 2.72. The van der Waals surface area contributed by atoms with Gasteiger partial charge in [-0.2, -0.15) is 18.3 Å². The van der Waals surface area contributed by atoms with E-state index in [9.17, 15) is 18.0 Å². The summed E-state index contributed by atoms with van der Waals surface area (Å²) in [5.74, 6) is -0.761. The Kier molecular flexibility index (Phi) is 3.49. The highest BCUT2D eigenvalue weighted by Crippen LogP contribution is 2.34. The minimum Gasteiger partial charge on any atom is -0.366 e. The molecule has 4 N–H and O–H groups in total. The number of alkyl halides is 3. The molecular weight excluding hydrogens is 273 g/mol. The number of carbonyl (C=O) groups is 1. The summed E-state index contributed by atoms with van der Waals surface area (Å²) in [6.07, 6.45) is -2.30. The van der Waals surface area contributed by atoms with E-state index in [4.69, 9.17) is 11.5 Å². The van der Waals surface area contributed by atoms with Gasteiger partial charge in [0.1, 0.15) is 0 Å². The molecule has 1 aromatic heterocycles. The number of nitrogens with zero attached hydrogens (tertiary/aromatic N) is 2. The predicted molar refractivity (Wildman–Crippen MR) is 65.0 cm³/mol. The Morgan fingerprint density at radius 2 is 2.05 bits per heavy atom. The van der Waals surface area contributed by atoms with Crippen LogP contribution in [0.25, 0.3) is 5.69 Å². The van der Waals surface area contributed by atoms with Gasteiger partial charge in [-0.05, 0) is 17.7 Å². The summed E-state index contributed by atoms with van der Waals surface area (Å²) >= 11 is 0. The average Bonchev–Trinajstić information content (AvgIpc) is 2.86. The van der Waals surface area contributed by atoms with E-state index < -0.39 is 17.6 Å². The van der Waals surface area contributed by atoms with E-state index in [0.717, 1.165) is 23.1 Å². The van der Waals surface area contributed by atoms with Gasteiger partial charge in [-0.25, -0.2) is 4.68 Å². The number of amides is 1. The summed E-state index contributed by atoms with van der Waals surface area (Å²) in [6, 6.07) is 3.68. The first kappa shape index (κ1) is 14.1. The van der Waals surface area contributed by atoms with Crippen molar-refractivity contribution in [2.24, 2.45) is 11.5 Å². The van der Waals surface area contributed by atoms with Crippen LogP contribution in [-0.4, -0.2) is 15.7 Å². The summed E-state index contributed by atoms with van der Waals surface area (Å²) in [5.41, 5.74) is 9.70. The standard InChI is InChI=1S/C12H11F3N4O/c13-12(14,15)9-3-7(4-16)1-2-10(9)19-6-8(5-18-19)11(17)20/h1-3,5-6H,4,16H2,(H2,17,20). The number of halogens is 3. The maximum absolute atomic E-state index is 13.0. The van der Waals surface area contributed by atoms with Crippen LogP contribution in [-0.2, 0) is 12.7 Å². The number of hydrogen-bond acceptors (Lipinski definition) is 3. The number of aromatic nitrogens is 2. The number of hydrogen-bond donors (Lipinski definition) is 2. The molecule has 106 valence electrons. The molecule has 0 aliphatic carbocycles. The third kappa shape index (κ3) is 2.64. The van der Waals surface area contributed by atoms with Crippen LogP contribution < -0.4 is 11.5 Å². The fourth-order valence-corrected chi connectivity index (χ4v) is 1.72. The maximum atomic E-state index is 13.0. The molecule has 0 bridgehead atoms. The van der Waals surface area contributed by atoms with Crippen LogP contribution in [0.4, 0.5) is 13.2 Å². The summed E-state index contributed by atoms with van der Waals surface area (Å²) < 4.78 is 40.1. The maximum Gasteiger partial charge on any atom is 0.418 e. The minimum absolute atomic E-state index is 0.00496. The molecule has 1 aromatic carbocycles. The summed E-state index contributed by atoms with van der Waals surface area (Å²) in [6.45, 7) is -0.00496. The van der Waals surface area contributed by atoms with Crippen molar-refractivity contribution in [2.45, 2.75) is 12.7 Å². The quantitative estimate of drug-likeness (QED) is 0.894. The molecule has 0 unspecified atom stereocenters. The van der Waals surface area contributed by atoms with Gasteiger partial charge in [0, 0.05) is 12.7 Å². The molecule has 0 saturated heterocycles. The molecule has 0 aliphatic heterocycles. The lowest BCUT2D eigenvalue weighted by Crippen LogP contribution is -2.13. The van der Waals surface area contributed by atoms with Crippen molar-refractivity contribution in [2.75, 3.05) is 0 Å². The smallest absolute Gasteiger partial charge is 0.366 e. The van der Waals surface area contributed by atoms with Crippen molar-refractivity contribution in [1.82, 2.24) is 9.78 Å². The molecule has 1 amide bonds. The van der Waals surface area contributed by atoms with Crippen LogP contribution in [0.1, 0.15) is 21.5 Å². The van der Waals surface area contributed by atoms with Gasteiger partial charge >= 0.3 is 6.18 Å². The topological polar surface area (TPSA) is 86.9 Å². The van der Waals surface area contributed by atoms with Crippen LogP contribution in [0.3, 0.4) is 0 Å². The Balaban J connectivity index is 2.57. The van der Waals surface area contributed by atoms with Crippen molar-refractivity contribution in [1.29, 1.82) is 0 Å². The SMILES string of the molecule is NCc1ccc(-n2cc(C(N)=O)cn2)c(C(F)(F)F)c1. The van der Waals surface area contributed by atoms with Gasteiger partial charge in [0.05, 0.1) is 23.0 Å². The fourth-order valence-electron chi connectivity index (χ4n) is 1.72. The molecule has 0 fully saturated rings.